The standard InChI is InChI=1S/C19H20F2N2O4/c1-9(25)22-6-12-7-23(19(26)27-12)11-4-16(20)18(17(21)5-11)10-2-13-14(3-10)15(13)8-24/h2,4-5,12-15,24H,3,6-8H2,1H3,(H,22,25)/t12-,13-,14+,15+/m0/s1. The van der Waals surface area contributed by atoms with Crippen LogP contribution in [0.3, 0.4) is 0 Å². The van der Waals surface area contributed by atoms with Gasteiger partial charge < -0.3 is 15.2 Å². The molecule has 8 heteroatoms. The second-order valence-corrected chi connectivity index (χ2v) is 7.32. The number of hydrogen-bond donors (Lipinski definition) is 2. The number of carbonyl (C=O) groups excluding carboxylic acids is 2. The molecular formula is C19H20F2N2O4. The lowest BCUT2D eigenvalue weighted by Gasteiger charge is -2.16. The Labute approximate surface area is 154 Å². The number of aliphatic hydroxyl groups excluding tert-OH is 1. The third-order valence-electron chi connectivity index (χ3n) is 5.57. The molecule has 27 heavy (non-hydrogen) atoms. The topological polar surface area (TPSA) is 78.9 Å². The lowest BCUT2D eigenvalue weighted by atomic mass is 9.99. The van der Waals surface area contributed by atoms with Gasteiger partial charge in [0.25, 0.3) is 0 Å². The van der Waals surface area contributed by atoms with E-state index in [2.05, 4.69) is 5.32 Å². The van der Waals surface area contributed by atoms with Crippen molar-refractivity contribution in [1.82, 2.24) is 5.32 Å². The number of carbonyl (C=O) groups is 2. The molecule has 2 fully saturated rings. The van der Waals surface area contributed by atoms with Crippen LogP contribution in [0, 0.1) is 29.4 Å². The van der Waals surface area contributed by atoms with Crippen molar-refractivity contribution in [3.8, 4) is 0 Å². The highest BCUT2D eigenvalue weighted by Crippen LogP contribution is 2.58. The molecule has 144 valence electrons. The predicted molar refractivity (Wildman–Crippen MR) is 92.8 cm³/mol. The first-order valence-electron chi connectivity index (χ1n) is 8.92. The Hall–Kier alpha value is -2.48. The number of fused-ring (bicyclic) bond motifs is 1. The molecule has 1 heterocycles. The molecule has 0 spiro atoms. The van der Waals surface area contributed by atoms with E-state index >= 15 is 0 Å². The van der Waals surface area contributed by atoms with Gasteiger partial charge in [-0.25, -0.2) is 13.6 Å². The monoisotopic (exact) mass is 378 g/mol. The molecule has 4 atom stereocenters. The Balaban J connectivity index is 1.52. The van der Waals surface area contributed by atoms with Crippen molar-refractivity contribution in [2.45, 2.75) is 19.4 Å². The van der Waals surface area contributed by atoms with Crippen LogP contribution in [0.1, 0.15) is 18.9 Å². The molecular weight excluding hydrogens is 358 g/mol. The van der Waals surface area contributed by atoms with Crippen LogP contribution in [-0.2, 0) is 9.53 Å². The maximum atomic E-state index is 14.6. The minimum absolute atomic E-state index is 0.0648. The van der Waals surface area contributed by atoms with Gasteiger partial charge in [0.2, 0.25) is 5.91 Å². The van der Waals surface area contributed by atoms with Gasteiger partial charge in [-0.2, -0.15) is 0 Å². The number of benzene rings is 1. The number of allylic oxidation sites excluding steroid dienone is 2. The number of hydrogen-bond acceptors (Lipinski definition) is 4. The summed E-state index contributed by atoms with van der Waals surface area (Å²) in [5, 5.41) is 11.7. The molecule has 4 rings (SSSR count). The Kier molecular flexibility index (Phi) is 4.38. The Morgan fingerprint density at radius 1 is 1.37 bits per heavy atom. The Morgan fingerprint density at radius 2 is 2.07 bits per heavy atom. The first-order chi connectivity index (χ1) is 12.9. The highest BCUT2D eigenvalue weighted by molar-refractivity contribution is 5.90. The van der Waals surface area contributed by atoms with Gasteiger partial charge >= 0.3 is 6.09 Å². The Morgan fingerprint density at radius 3 is 2.63 bits per heavy atom. The van der Waals surface area contributed by atoms with E-state index in [0.29, 0.717) is 12.0 Å². The summed E-state index contributed by atoms with van der Waals surface area (Å²) >= 11 is 0. The van der Waals surface area contributed by atoms with Crippen LogP contribution in [0.5, 0.6) is 0 Å². The van der Waals surface area contributed by atoms with E-state index in [0.717, 1.165) is 17.0 Å². The summed E-state index contributed by atoms with van der Waals surface area (Å²) in [6, 6.07) is 2.27. The Bertz CT molecular complexity index is 818. The summed E-state index contributed by atoms with van der Waals surface area (Å²) in [4.78, 5) is 24.1. The predicted octanol–water partition coefficient (Wildman–Crippen LogP) is 2.07. The summed E-state index contributed by atoms with van der Waals surface area (Å²) in [6.07, 6.45) is 1.12. The van der Waals surface area contributed by atoms with Gasteiger partial charge in [-0.05, 0) is 41.9 Å². The van der Waals surface area contributed by atoms with E-state index in [4.69, 9.17) is 4.74 Å². The molecule has 0 aromatic heterocycles. The molecule has 1 saturated carbocycles. The van der Waals surface area contributed by atoms with Crippen molar-refractivity contribution in [2.75, 3.05) is 24.6 Å². The highest BCUT2D eigenvalue weighted by Gasteiger charge is 2.52. The fourth-order valence-electron chi connectivity index (χ4n) is 4.12. The van der Waals surface area contributed by atoms with E-state index in [1.807, 2.05) is 6.08 Å². The summed E-state index contributed by atoms with van der Waals surface area (Å²) in [5.74, 6) is -1.03. The number of nitrogens with one attached hydrogen (secondary N) is 1. The van der Waals surface area contributed by atoms with Crippen LogP contribution >= 0.6 is 0 Å². The van der Waals surface area contributed by atoms with Crippen LogP contribution < -0.4 is 10.2 Å². The molecule has 2 N–H and O–H groups in total. The molecule has 0 bridgehead atoms. The number of amides is 2. The van der Waals surface area contributed by atoms with Crippen molar-refractivity contribution in [3.05, 3.63) is 35.4 Å². The summed E-state index contributed by atoms with van der Waals surface area (Å²) in [5.41, 5.74) is 0.634. The molecule has 0 radical (unpaired) electrons. The minimum atomic E-state index is -0.726. The zero-order valence-electron chi connectivity index (χ0n) is 14.7. The van der Waals surface area contributed by atoms with Crippen molar-refractivity contribution in [3.63, 3.8) is 0 Å². The third kappa shape index (κ3) is 3.18. The van der Waals surface area contributed by atoms with E-state index in [9.17, 15) is 23.5 Å². The number of ether oxygens (including phenoxy) is 1. The van der Waals surface area contributed by atoms with Gasteiger partial charge in [-0.1, -0.05) is 6.08 Å². The van der Waals surface area contributed by atoms with E-state index in [1.165, 1.54) is 6.92 Å². The van der Waals surface area contributed by atoms with Crippen molar-refractivity contribution >= 4 is 23.3 Å². The summed E-state index contributed by atoms with van der Waals surface area (Å²) in [7, 11) is 0. The molecule has 6 nitrogen and oxygen atoms in total. The normalized spacial score (nSPS) is 28.7. The number of cyclic esters (lactones) is 1. The van der Waals surface area contributed by atoms with E-state index in [-0.39, 0.29) is 54.6 Å². The highest BCUT2D eigenvalue weighted by atomic mass is 19.1. The first kappa shape index (κ1) is 17.9. The van der Waals surface area contributed by atoms with Gasteiger partial charge in [-0.3, -0.25) is 9.69 Å². The average molecular weight is 378 g/mol. The van der Waals surface area contributed by atoms with Crippen LogP contribution in [0.25, 0.3) is 5.57 Å². The van der Waals surface area contributed by atoms with Gasteiger partial charge in [-0.15, -0.1) is 0 Å². The van der Waals surface area contributed by atoms with Crippen molar-refractivity contribution in [1.29, 1.82) is 0 Å². The number of nitrogens with zero attached hydrogens (tertiary/aromatic N) is 1. The molecule has 1 aromatic rings. The summed E-state index contributed by atoms with van der Waals surface area (Å²) < 4.78 is 34.4. The van der Waals surface area contributed by atoms with Gasteiger partial charge in [0.15, 0.2) is 0 Å². The van der Waals surface area contributed by atoms with Crippen molar-refractivity contribution < 1.29 is 28.2 Å². The van der Waals surface area contributed by atoms with Gasteiger partial charge in [0, 0.05) is 19.1 Å². The maximum absolute atomic E-state index is 14.6. The molecule has 0 unspecified atom stereocenters. The quantitative estimate of drug-likeness (QED) is 0.822. The molecule has 2 aliphatic carbocycles. The smallest absolute Gasteiger partial charge is 0.414 e. The van der Waals surface area contributed by atoms with Gasteiger partial charge in [0.1, 0.15) is 17.7 Å². The fourth-order valence-corrected chi connectivity index (χ4v) is 4.12. The SMILES string of the molecule is CC(=O)NC[C@H]1CN(c2cc(F)c(C3=C[C@@H]4[C@@H](CO)[C@@H]4C3)c(F)c2)C(=O)O1. The lowest BCUT2D eigenvalue weighted by molar-refractivity contribution is -0.119. The number of anilines is 1. The number of halogens is 2. The van der Waals surface area contributed by atoms with E-state index in [1.54, 1.807) is 0 Å². The zero-order chi connectivity index (χ0) is 19.3. The average Bonchev–Trinajstić information content (AvgIpc) is 2.92. The fraction of sp³-hybridized carbons (Fsp3) is 0.474. The largest absolute Gasteiger partial charge is 0.442 e. The second kappa shape index (κ2) is 6.60. The van der Waals surface area contributed by atoms with Gasteiger partial charge in [0.05, 0.1) is 18.8 Å². The number of aliphatic hydroxyl groups is 1. The zero-order valence-corrected chi connectivity index (χ0v) is 14.7. The lowest BCUT2D eigenvalue weighted by Crippen LogP contribution is -2.33. The molecule has 1 saturated heterocycles. The minimum Gasteiger partial charge on any atom is -0.442 e. The van der Waals surface area contributed by atoms with Crippen LogP contribution in [0.15, 0.2) is 18.2 Å². The second-order valence-electron chi connectivity index (χ2n) is 7.32. The van der Waals surface area contributed by atoms with Crippen LogP contribution in [0.2, 0.25) is 0 Å². The molecule has 2 amide bonds. The van der Waals surface area contributed by atoms with Crippen molar-refractivity contribution in [2.24, 2.45) is 17.8 Å². The molecule has 1 aromatic carbocycles. The van der Waals surface area contributed by atoms with Crippen LogP contribution in [0.4, 0.5) is 19.3 Å². The number of rotatable bonds is 5. The molecule has 1 aliphatic heterocycles. The molecule has 3 aliphatic rings. The summed E-state index contributed by atoms with van der Waals surface area (Å²) in [6.45, 7) is 1.69. The van der Waals surface area contributed by atoms with Crippen LogP contribution in [-0.4, -0.2) is 42.9 Å². The first-order valence-corrected chi connectivity index (χ1v) is 8.92. The maximum Gasteiger partial charge on any atom is 0.414 e. The third-order valence-corrected chi connectivity index (χ3v) is 5.57. The van der Waals surface area contributed by atoms with E-state index < -0.39 is 23.8 Å².